The van der Waals surface area contributed by atoms with E-state index in [2.05, 4.69) is 16.0 Å². The van der Waals surface area contributed by atoms with Gasteiger partial charge in [-0.25, -0.2) is 0 Å². The van der Waals surface area contributed by atoms with Crippen LogP contribution in [0, 0.1) is 0 Å². The van der Waals surface area contributed by atoms with E-state index in [-0.39, 0.29) is 16.9 Å². The van der Waals surface area contributed by atoms with Gasteiger partial charge in [0.2, 0.25) is 5.91 Å². The summed E-state index contributed by atoms with van der Waals surface area (Å²) in [5, 5.41) is 8.17. The van der Waals surface area contributed by atoms with Crippen LogP contribution in [0.3, 0.4) is 0 Å². The van der Waals surface area contributed by atoms with E-state index < -0.39 is 11.8 Å². The zero-order valence-electron chi connectivity index (χ0n) is 22.8. The van der Waals surface area contributed by atoms with E-state index in [9.17, 15) is 14.4 Å². The molecule has 0 saturated heterocycles. The minimum atomic E-state index is -0.473. The quantitative estimate of drug-likeness (QED) is 0.140. The van der Waals surface area contributed by atoms with E-state index in [1.807, 2.05) is 74.5 Å². The van der Waals surface area contributed by atoms with Crippen molar-refractivity contribution in [2.45, 2.75) is 24.0 Å². The van der Waals surface area contributed by atoms with Gasteiger partial charge in [0.25, 0.3) is 11.8 Å². The van der Waals surface area contributed by atoms with E-state index in [1.54, 1.807) is 54.6 Å². The summed E-state index contributed by atoms with van der Waals surface area (Å²) < 4.78 is 5.49. The lowest BCUT2D eigenvalue weighted by Gasteiger charge is -2.13. The number of carbonyl (C=O) groups is 3. The van der Waals surface area contributed by atoms with Crippen LogP contribution in [0.1, 0.15) is 29.8 Å². The van der Waals surface area contributed by atoms with Crippen LogP contribution in [0.5, 0.6) is 5.75 Å². The van der Waals surface area contributed by atoms with Gasteiger partial charge in [-0.3, -0.25) is 14.4 Å². The van der Waals surface area contributed by atoms with Gasteiger partial charge >= 0.3 is 0 Å². The molecule has 0 saturated carbocycles. The monoisotopic (exact) mass is 565 g/mol. The second-order valence-corrected chi connectivity index (χ2v) is 10.4. The maximum Gasteiger partial charge on any atom is 0.272 e. The highest BCUT2D eigenvalue weighted by Crippen LogP contribution is 2.26. The van der Waals surface area contributed by atoms with Crippen molar-refractivity contribution in [2.24, 2.45) is 0 Å². The van der Waals surface area contributed by atoms with Crippen LogP contribution < -0.4 is 20.7 Å². The first kappa shape index (κ1) is 29.2. The summed E-state index contributed by atoms with van der Waals surface area (Å²) in [7, 11) is 0. The van der Waals surface area contributed by atoms with Crippen molar-refractivity contribution in [2.75, 3.05) is 17.2 Å². The van der Waals surface area contributed by atoms with Gasteiger partial charge in [-0.15, -0.1) is 11.8 Å². The van der Waals surface area contributed by atoms with Gasteiger partial charge in [0.1, 0.15) is 11.4 Å². The van der Waals surface area contributed by atoms with Crippen LogP contribution >= 0.6 is 11.8 Å². The van der Waals surface area contributed by atoms with Crippen molar-refractivity contribution in [3.05, 3.63) is 126 Å². The van der Waals surface area contributed by atoms with E-state index in [1.165, 1.54) is 11.8 Å². The lowest BCUT2D eigenvalue weighted by molar-refractivity contribution is -0.115. The first-order valence-electron chi connectivity index (χ1n) is 13.2. The number of anilines is 2. The Morgan fingerprint density at radius 1 is 0.780 bits per heavy atom. The smallest absolute Gasteiger partial charge is 0.272 e. The zero-order chi connectivity index (χ0) is 29.0. The number of rotatable bonds is 11. The molecule has 0 heterocycles. The fraction of sp³-hybridized carbons (Fsp3) is 0.121. The van der Waals surface area contributed by atoms with Gasteiger partial charge in [-0.2, -0.15) is 0 Å². The predicted molar refractivity (Wildman–Crippen MR) is 165 cm³/mol. The molecule has 1 unspecified atom stereocenters. The van der Waals surface area contributed by atoms with Crippen molar-refractivity contribution in [1.82, 2.24) is 5.32 Å². The predicted octanol–water partition coefficient (Wildman–Crippen LogP) is 6.61. The number of hydrogen-bond acceptors (Lipinski definition) is 5. The molecule has 3 N–H and O–H groups in total. The number of benzene rings is 4. The first-order valence-corrected chi connectivity index (χ1v) is 14.0. The molecule has 0 fully saturated rings. The molecule has 0 aliphatic rings. The number of carbonyl (C=O) groups excluding carboxylic acids is 3. The molecule has 0 aliphatic heterocycles. The molecule has 0 spiro atoms. The molecule has 0 radical (unpaired) electrons. The number of amides is 3. The largest absolute Gasteiger partial charge is 0.494 e. The van der Waals surface area contributed by atoms with Crippen molar-refractivity contribution in [3.8, 4) is 5.75 Å². The Bertz CT molecular complexity index is 1490. The summed E-state index contributed by atoms with van der Waals surface area (Å²) in [6.07, 6.45) is 1.61. The molecule has 208 valence electrons. The minimum Gasteiger partial charge on any atom is -0.494 e. The summed E-state index contributed by atoms with van der Waals surface area (Å²) in [6.45, 7) is 4.29. The molecular weight excluding hydrogens is 534 g/mol. The number of para-hydroxylation sites is 1. The van der Waals surface area contributed by atoms with Crippen molar-refractivity contribution in [3.63, 3.8) is 0 Å². The fourth-order valence-corrected chi connectivity index (χ4v) is 4.64. The molecule has 41 heavy (non-hydrogen) atoms. The van der Waals surface area contributed by atoms with E-state index in [4.69, 9.17) is 4.74 Å². The number of thioether (sulfide) groups is 1. The third kappa shape index (κ3) is 8.84. The Morgan fingerprint density at radius 3 is 2.02 bits per heavy atom. The van der Waals surface area contributed by atoms with E-state index in [0.717, 1.165) is 16.1 Å². The molecule has 0 aromatic heterocycles. The number of nitrogens with one attached hydrogen (secondary N) is 3. The molecule has 1 atom stereocenters. The molecule has 0 bridgehead atoms. The lowest BCUT2D eigenvalue weighted by Crippen LogP contribution is -2.30. The first-order chi connectivity index (χ1) is 19.9. The topological polar surface area (TPSA) is 96.5 Å². The third-order valence-corrected chi connectivity index (χ3v) is 6.98. The van der Waals surface area contributed by atoms with Crippen LogP contribution in [0.2, 0.25) is 0 Å². The fourth-order valence-electron chi connectivity index (χ4n) is 3.77. The molecule has 4 aromatic rings. The Balaban J connectivity index is 1.44. The summed E-state index contributed by atoms with van der Waals surface area (Å²) in [5.41, 5.74) is 2.54. The van der Waals surface area contributed by atoms with Crippen molar-refractivity contribution >= 4 is 46.9 Å². The Hall–Kier alpha value is -4.82. The summed E-state index contributed by atoms with van der Waals surface area (Å²) in [5.74, 6) is -0.253. The highest BCUT2D eigenvalue weighted by molar-refractivity contribution is 8.00. The summed E-state index contributed by atoms with van der Waals surface area (Å²) in [4.78, 5) is 39.6. The van der Waals surface area contributed by atoms with Gasteiger partial charge < -0.3 is 20.7 Å². The second-order valence-electron chi connectivity index (χ2n) is 8.97. The number of hydrogen-bond donors (Lipinski definition) is 3. The van der Waals surface area contributed by atoms with Crippen LogP contribution in [0.15, 0.2) is 120 Å². The van der Waals surface area contributed by atoms with Crippen LogP contribution in [-0.4, -0.2) is 29.6 Å². The number of ether oxygens (including phenoxy) is 1. The van der Waals surface area contributed by atoms with Gasteiger partial charge in [0.15, 0.2) is 0 Å². The molecule has 8 heteroatoms. The highest BCUT2D eigenvalue weighted by Gasteiger charge is 2.17. The zero-order valence-corrected chi connectivity index (χ0v) is 23.6. The standard InChI is InChI=1S/C33H31N3O4S/c1-3-40-28-18-14-24(15-19-28)22-30(36-32(38)25-10-6-4-7-11-25)33(39)35-27-16-20-29(21-17-27)41-23(2)31(37)34-26-12-8-5-9-13-26/h4-23H,3H2,1-2H3,(H,34,37)(H,35,39)(H,36,38)/b30-22-. The van der Waals surface area contributed by atoms with Crippen LogP contribution in [-0.2, 0) is 9.59 Å². The Kier molecular flexibility index (Phi) is 10.3. The van der Waals surface area contributed by atoms with E-state index >= 15 is 0 Å². The maximum absolute atomic E-state index is 13.3. The second kappa shape index (κ2) is 14.5. The summed E-state index contributed by atoms with van der Waals surface area (Å²) in [6, 6.07) is 32.4. The van der Waals surface area contributed by atoms with Crippen molar-refractivity contribution < 1.29 is 19.1 Å². The summed E-state index contributed by atoms with van der Waals surface area (Å²) >= 11 is 1.41. The van der Waals surface area contributed by atoms with Crippen LogP contribution in [0.4, 0.5) is 11.4 Å². The average molecular weight is 566 g/mol. The van der Waals surface area contributed by atoms with Gasteiger partial charge in [-0.05, 0) is 86.2 Å². The van der Waals surface area contributed by atoms with Gasteiger partial charge in [0, 0.05) is 21.8 Å². The third-order valence-electron chi connectivity index (χ3n) is 5.87. The van der Waals surface area contributed by atoms with Crippen molar-refractivity contribution in [1.29, 1.82) is 0 Å². The highest BCUT2D eigenvalue weighted by atomic mass is 32.2. The Morgan fingerprint density at radius 2 is 1.39 bits per heavy atom. The lowest BCUT2D eigenvalue weighted by atomic mass is 10.1. The molecule has 7 nitrogen and oxygen atoms in total. The van der Waals surface area contributed by atoms with Gasteiger partial charge in [0.05, 0.1) is 11.9 Å². The normalized spacial score (nSPS) is 11.7. The maximum atomic E-state index is 13.3. The van der Waals surface area contributed by atoms with Gasteiger partial charge in [-0.1, -0.05) is 48.5 Å². The molecule has 4 aromatic carbocycles. The molecular formula is C33H31N3O4S. The molecule has 0 aliphatic carbocycles. The van der Waals surface area contributed by atoms with E-state index in [0.29, 0.717) is 23.6 Å². The minimum absolute atomic E-state index is 0.0904. The Labute approximate surface area is 244 Å². The molecule has 4 rings (SSSR count). The molecule has 3 amide bonds. The average Bonchev–Trinajstić information content (AvgIpc) is 2.99. The van der Waals surface area contributed by atoms with Crippen LogP contribution in [0.25, 0.3) is 6.08 Å². The SMILES string of the molecule is CCOc1ccc(/C=C(\NC(=O)c2ccccc2)C(=O)Nc2ccc(SC(C)C(=O)Nc3ccccc3)cc2)cc1.